The maximum Gasteiger partial charge on any atom is 0.244 e. The lowest BCUT2D eigenvalue weighted by Gasteiger charge is -2.29. The molecule has 0 unspecified atom stereocenters. The van der Waals surface area contributed by atoms with Gasteiger partial charge in [-0.25, -0.2) is 0 Å². The molecular weight excluding hydrogens is 493 g/mol. The predicted molar refractivity (Wildman–Crippen MR) is 166 cm³/mol. The summed E-state index contributed by atoms with van der Waals surface area (Å²) in [4.78, 5) is 2.65. The number of fused-ring (bicyclic) bond motifs is 7. The molecule has 0 bridgehead atoms. The summed E-state index contributed by atoms with van der Waals surface area (Å²) in [5.41, 5.74) is 13.6. The van der Waals surface area contributed by atoms with Gasteiger partial charge in [-0.3, -0.25) is 0 Å². The highest BCUT2D eigenvalue weighted by Crippen LogP contribution is 2.40. The second-order valence-corrected chi connectivity index (χ2v) is 11.8. The number of aryl methyl sites for hydroxylation is 3. The summed E-state index contributed by atoms with van der Waals surface area (Å²) in [5, 5.41) is 2.28. The summed E-state index contributed by atoms with van der Waals surface area (Å²) in [6.45, 7) is 6.93. The molecule has 0 fully saturated rings. The van der Waals surface area contributed by atoms with Crippen LogP contribution in [0.5, 0.6) is 0 Å². The lowest BCUT2D eigenvalue weighted by molar-refractivity contribution is 0.673. The summed E-state index contributed by atoms with van der Waals surface area (Å²) < 4.78 is 8.80. The first kappa shape index (κ1) is 22.8. The number of hydrogen-bond donors (Lipinski definition) is 0. The molecule has 2 aromatic heterocycles. The molecule has 4 heteroatoms. The van der Waals surface area contributed by atoms with Crippen LogP contribution in [0.4, 0.5) is 0 Å². The van der Waals surface area contributed by atoms with Crippen LogP contribution < -0.4 is 16.4 Å². The van der Waals surface area contributed by atoms with E-state index in [0.717, 1.165) is 33.1 Å². The van der Waals surface area contributed by atoms with Crippen LogP contribution in [-0.2, 0) is 0 Å². The molecule has 5 aromatic carbocycles. The number of furan rings is 1. The molecule has 39 heavy (non-hydrogen) atoms. The van der Waals surface area contributed by atoms with Crippen molar-refractivity contribution in [2.45, 2.75) is 30.6 Å². The molecule has 0 N–H and O–H groups in total. The number of para-hydroxylation sites is 2. The average molecular weight is 519 g/mol. The van der Waals surface area contributed by atoms with Gasteiger partial charge in [0.2, 0.25) is 6.71 Å². The van der Waals surface area contributed by atoms with Crippen LogP contribution in [0.2, 0.25) is 0 Å². The Morgan fingerprint density at radius 1 is 0.667 bits per heavy atom. The van der Waals surface area contributed by atoms with E-state index in [1.54, 1.807) is 0 Å². The quantitative estimate of drug-likeness (QED) is 0.221. The second-order valence-electron chi connectivity index (χ2n) is 10.7. The van der Waals surface area contributed by atoms with E-state index in [1.165, 1.54) is 48.4 Å². The highest BCUT2D eigenvalue weighted by Gasteiger charge is 2.33. The van der Waals surface area contributed by atoms with Gasteiger partial charge in [0, 0.05) is 26.3 Å². The average Bonchev–Trinajstić information content (AvgIpc) is 3.47. The zero-order chi connectivity index (χ0) is 26.2. The van der Waals surface area contributed by atoms with Gasteiger partial charge < -0.3 is 8.98 Å². The van der Waals surface area contributed by atoms with Gasteiger partial charge in [-0.05, 0) is 63.2 Å². The first-order valence-corrected chi connectivity index (χ1v) is 14.3. The molecule has 186 valence electrons. The molecule has 1 aliphatic rings. The maximum atomic E-state index is 6.41. The second kappa shape index (κ2) is 8.43. The first-order chi connectivity index (χ1) is 19.1. The third kappa shape index (κ3) is 3.31. The molecule has 0 saturated heterocycles. The van der Waals surface area contributed by atoms with E-state index >= 15 is 0 Å². The molecular formula is C35H26BNOS. The van der Waals surface area contributed by atoms with Gasteiger partial charge in [0.15, 0.2) is 5.58 Å². The molecule has 0 spiro atoms. The third-order valence-electron chi connectivity index (χ3n) is 8.23. The van der Waals surface area contributed by atoms with Crippen molar-refractivity contribution < 1.29 is 4.42 Å². The van der Waals surface area contributed by atoms with Gasteiger partial charge in [0.1, 0.15) is 11.1 Å². The fourth-order valence-corrected chi connectivity index (χ4v) is 7.90. The lowest BCUT2D eigenvalue weighted by Crippen LogP contribution is -2.56. The molecule has 8 rings (SSSR count). The Kier molecular flexibility index (Phi) is 4.93. The Morgan fingerprint density at radius 3 is 2.21 bits per heavy atom. The van der Waals surface area contributed by atoms with Crippen LogP contribution in [-0.4, -0.2) is 11.3 Å². The molecule has 1 aliphatic heterocycles. The van der Waals surface area contributed by atoms with Crippen LogP contribution in [0.25, 0.3) is 38.7 Å². The van der Waals surface area contributed by atoms with Crippen LogP contribution in [0.1, 0.15) is 16.7 Å². The fourth-order valence-electron chi connectivity index (χ4n) is 6.73. The number of benzene rings is 5. The Hall–Kier alpha value is -4.15. The van der Waals surface area contributed by atoms with Crippen LogP contribution in [0.15, 0.2) is 117 Å². The highest BCUT2D eigenvalue weighted by molar-refractivity contribution is 8.00. The van der Waals surface area contributed by atoms with E-state index in [0.29, 0.717) is 0 Å². The molecule has 2 nitrogen and oxygen atoms in total. The minimum absolute atomic E-state index is 0.211. The summed E-state index contributed by atoms with van der Waals surface area (Å²) in [5.74, 6) is 0. The molecule has 0 atom stereocenters. The third-order valence-corrected chi connectivity index (χ3v) is 9.39. The Morgan fingerprint density at radius 2 is 1.36 bits per heavy atom. The first-order valence-electron chi connectivity index (χ1n) is 13.5. The van der Waals surface area contributed by atoms with Crippen LogP contribution in [0.3, 0.4) is 0 Å². The molecule has 7 aromatic rings. The largest absolute Gasteiger partial charge is 0.454 e. The topological polar surface area (TPSA) is 18.1 Å². The molecule has 0 amide bonds. The molecule has 3 heterocycles. The van der Waals surface area contributed by atoms with Gasteiger partial charge in [-0.2, -0.15) is 0 Å². The van der Waals surface area contributed by atoms with Gasteiger partial charge in [0.05, 0.1) is 5.52 Å². The van der Waals surface area contributed by atoms with Crippen molar-refractivity contribution >= 4 is 67.8 Å². The summed E-state index contributed by atoms with van der Waals surface area (Å²) in [6, 6.07) is 37.5. The van der Waals surface area contributed by atoms with Gasteiger partial charge in [0.25, 0.3) is 0 Å². The van der Waals surface area contributed by atoms with E-state index in [2.05, 4.69) is 122 Å². The fraction of sp³-hybridized carbons (Fsp3) is 0.0857. The Balaban J connectivity index is 1.40. The van der Waals surface area contributed by atoms with Crippen molar-refractivity contribution in [3.05, 3.63) is 120 Å². The van der Waals surface area contributed by atoms with Crippen molar-refractivity contribution in [1.29, 1.82) is 0 Å². The monoisotopic (exact) mass is 519 g/mol. The van der Waals surface area contributed by atoms with Crippen LogP contribution in [0, 0.1) is 20.8 Å². The van der Waals surface area contributed by atoms with Crippen molar-refractivity contribution in [2.75, 3.05) is 0 Å². The highest BCUT2D eigenvalue weighted by atomic mass is 32.2. The van der Waals surface area contributed by atoms with Gasteiger partial charge in [-0.1, -0.05) is 106 Å². The summed E-state index contributed by atoms with van der Waals surface area (Å²) in [6.07, 6.45) is 0. The zero-order valence-corrected chi connectivity index (χ0v) is 23.0. The van der Waals surface area contributed by atoms with Crippen molar-refractivity contribution in [2.24, 2.45) is 0 Å². The minimum atomic E-state index is 0.211. The number of hydrogen-bond acceptors (Lipinski definition) is 2. The Bertz CT molecular complexity index is 2070. The zero-order valence-electron chi connectivity index (χ0n) is 22.2. The standard InChI is InChI=1S/C35H26BNOS/c1-21-18-22(2)33(23(3)19-21)36-27-12-6-9-15-31(27)39-32-20-24(16-17-28(32)36)37-29-13-7-4-10-25(29)35-34(37)26-11-5-8-14-30(26)38-35/h4-20H,1-3H3. The van der Waals surface area contributed by atoms with E-state index in [1.807, 2.05) is 17.8 Å². The molecule has 0 saturated carbocycles. The van der Waals surface area contributed by atoms with Gasteiger partial charge >= 0.3 is 0 Å². The SMILES string of the molecule is Cc1cc(C)c(B2c3ccccc3Sc3cc(-n4c5ccccc5c5oc6ccccc6c54)ccc32)c(C)c1. The van der Waals surface area contributed by atoms with E-state index in [4.69, 9.17) is 4.42 Å². The molecule has 0 radical (unpaired) electrons. The van der Waals surface area contributed by atoms with Crippen molar-refractivity contribution in [3.63, 3.8) is 0 Å². The van der Waals surface area contributed by atoms with Crippen molar-refractivity contribution in [1.82, 2.24) is 4.57 Å². The minimum Gasteiger partial charge on any atom is -0.454 e. The normalized spacial score (nSPS) is 12.8. The predicted octanol–water partition coefficient (Wildman–Crippen LogP) is 7.44. The van der Waals surface area contributed by atoms with Crippen LogP contribution >= 0.6 is 11.8 Å². The van der Waals surface area contributed by atoms with E-state index < -0.39 is 0 Å². The molecule has 0 aliphatic carbocycles. The maximum absolute atomic E-state index is 6.41. The smallest absolute Gasteiger partial charge is 0.244 e. The number of rotatable bonds is 2. The Labute approximate surface area is 232 Å². The lowest BCUT2D eigenvalue weighted by atomic mass is 9.35. The summed E-state index contributed by atoms with van der Waals surface area (Å²) in [7, 11) is 0. The number of aromatic nitrogens is 1. The number of nitrogens with zero attached hydrogens (tertiary/aromatic N) is 1. The summed E-state index contributed by atoms with van der Waals surface area (Å²) >= 11 is 1.89. The van der Waals surface area contributed by atoms with Crippen molar-refractivity contribution in [3.8, 4) is 5.69 Å². The van der Waals surface area contributed by atoms with E-state index in [-0.39, 0.29) is 6.71 Å². The van der Waals surface area contributed by atoms with E-state index in [9.17, 15) is 0 Å². The van der Waals surface area contributed by atoms with Gasteiger partial charge in [-0.15, -0.1) is 0 Å².